The highest BCUT2D eigenvalue weighted by Gasteiger charge is 2.28. The Hall–Kier alpha value is -3.31. The van der Waals surface area contributed by atoms with E-state index in [0.717, 1.165) is 55.1 Å². The highest BCUT2D eigenvalue weighted by atomic mass is 16.5. The van der Waals surface area contributed by atoms with Gasteiger partial charge in [0.25, 0.3) is 0 Å². The van der Waals surface area contributed by atoms with E-state index in [1.54, 1.807) is 14.2 Å². The number of ether oxygens (including phenoxy) is 2. The lowest BCUT2D eigenvalue weighted by Gasteiger charge is -2.33. The third-order valence-electron chi connectivity index (χ3n) is 6.31. The van der Waals surface area contributed by atoms with Gasteiger partial charge in [-0.25, -0.2) is 0 Å². The van der Waals surface area contributed by atoms with Crippen LogP contribution in [0.15, 0.2) is 78.9 Å². The Morgan fingerprint density at radius 2 is 1.48 bits per heavy atom. The highest BCUT2D eigenvalue weighted by molar-refractivity contribution is 5.80. The summed E-state index contributed by atoms with van der Waals surface area (Å²) >= 11 is 0. The average molecular weight is 445 g/mol. The molecule has 1 aliphatic rings. The molecule has 1 atom stereocenters. The fraction of sp³-hybridized carbons (Fsp3) is 0.321. The molecule has 3 aromatic carbocycles. The van der Waals surface area contributed by atoms with Crippen LogP contribution in [0.2, 0.25) is 0 Å². The molecule has 0 radical (unpaired) electrons. The molecule has 33 heavy (non-hydrogen) atoms. The molecular weight excluding hydrogens is 412 g/mol. The number of carbonyl (C=O) groups excluding carboxylic acids is 1. The molecule has 0 saturated carbocycles. The lowest BCUT2D eigenvalue weighted by molar-refractivity contribution is -0.127. The van der Waals surface area contributed by atoms with Crippen molar-refractivity contribution in [3.8, 4) is 11.5 Å². The summed E-state index contributed by atoms with van der Waals surface area (Å²) in [7, 11) is 3.31. The Kier molecular flexibility index (Phi) is 7.63. The molecule has 1 fully saturated rings. The summed E-state index contributed by atoms with van der Waals surface area (Å²) < 4.78 is 10.6. The Morgan fingerprint density at radius 1 is 0.909 bits per heavy atom. The van der Waals surface area contributed by atoms with Crippen molar-refractivity contribution in [2.45, 2.75) is 25.4 Å². The van der Waals surface area contributed by atoms with E-state index in [1.165, 1.54) is 5.56 Å². The van der Waals surface area contributed by atoms with Crippen LogP contribution in [-0.2, 0) is 11.3 Å². The molecule has 0 spiro atoms. The van der Waals surface area contributed by atoms with Crippen molar-refractivity contribution in [1.82, 2.24) is 10.2 Å². The predicted octanol–water partition coefficient (Wildman–Crippen LogP) is 4.82. The van der Waals surface area contributed by atoms with E-state index in [1.807, 2.05) is 54.6 Å². The first kappa shape index (κ1) is 22.9. The Morgan fingerprint density at radius 3 is 2.03 bits per heavy atom. The van der Waals surface area contributed by atoms with E-state index in [4.69, 9.17) is 9.47 Å². The third-order valence-corrected chi connectivity index (χ3v) is 6.31. The summed E-state index contributed by atoms with van der Waals surface area (Å²) in [6, 6.07) is 26.0. The molecule has 1 unspecified atom stereocenters. The van der Waals surface area contributed by atoms with E-state index < -0.39 is 0 Å². The average Bonchev–Trinajstić information content (AvgIpc) is 2.88. The molecule has 1 heterocycles. The van der Waals surface area contributed by atoms with Crippen LogP contribution in [0.25, 0.3) is 0 Å². The van der Waals surface area contributed by atoms with Crippen LogP contribution in [0, 0.1) is 5.92 Å². The fourth-order valence-electron chi connectivity index (χ4n) is 4.47. The summed E-state index contributed by atoms with van der Waals surface area (Å²) in [4.78, 5) is 15.8. The lowest BCUT2D eigenvalue weighted by Crippen LogP contribution is -2.43. The SMILES string of the molecule is COc1ccc(C(NC(=O)C2CCCN(Cc3ccccc3)C2)c2ccc(OC)cc2)cc1. The van der Waals surface area contributed by atoms with E-state index in [0.29, 0.717) is 0 Å². The molecule has 0 aliphatic carbocycles. The fourth-order valence-corrected chi connectivity index (χ4v) is 4.47. The van der Waals surface area contributed by atoms with Crippen LogP contribution in [0.4, 0.5) is 0 Å². The Balaban J connectivity index is 1.50. The summed E-state index contributed by atoms with van der Waals surface area (Å²) in [6.07, 6.45) is 1.94. The standard InChI is InChI=1S/C28H32N2O3/c1-32-25-14-10-22(11-15-25)27(23-12-16-26(33-2)17-13-23)29-28(31)24-9-6-18-30(20-24)19-21-7-4-3-5-8-21/h3-5,7-8,10-17,24,27H,6,9,18-20H2,1-2H3,(H,29,31). The topological polar surface area (TPSA) is 50.8 Å². The monoisotopic (exact) mass is 444 g/mol. The number of hydrogen-bond donors (Lipinski definition) is 1. The number of amides is 1. The van der Waals surface area contributed by atoms with Gasteiger partial charge < -0.3 is 14.8 Å². The van der Waals surface area contributed by atoms with Gasteiger partial charge in [-0.15, -0.1) is 0 Å². The number of likely N-dealkylation sites (tertiary alicyclic amines) is 1. The third kappa shape index (κ3) is 5.93. The molecule has 1 aliphatic heterocycles. The van der Waals surface area contributed by atoms with Gasteiger partial charge in [-0.1, -0.05) is 54.6 Å². The minimum absolute atomic E-state index is 0.0264. The van der Waals surface area contributed by atoms with Gasteiger partial charge in [0.15, 0.2) is 0 Å². The second-order valence-corrected chi connectivity index (χ2v) is 8.55. The van der Waals surface area contributed by atoms with E-state index in [9.17, 15) is 4.79 Å². The van der Waals surface area contributed by atoms with Crippen LogP contribution >= 0.6 is 0 Å². The van der Waals surface area contributed by atoms with Crippen molar-refractivity contribution in [1.29, 1.82) is 0 Å². The predicted molar refractivity (Wildman–Crippen MR) is 130 cm³/mol. The summed E-state index contributed by atoms with van der Waals surface area (Å²) in [5.74, 6) is 1.66. The molecule has 1 saturated heterocycles. The van der Waals surface area contributed by atoms with Gasteiger partial charge in [0.1, 0.15) is 11.5 Å². The van der Waals surface area contributed by atoms with Gasteiger partial charge in [0.05, 0.1) is 26.2 Å². The molecule has 5 heteroatoms. The van der Waals surface area contributed by atoms with Crippen molar-refractivity contribution in [2.24, 2.45) is 5.92 Å². The number of piperidine rings is 1. The minimum atomic E-state index is -0.237. The maximum absolute atomic E-state index is 13.4. The zero-order chi connectivity index (χ0) is 23.0. The van der Waals surface area contributed by atoms with Gasteiger partial charge in [-0.2, -0.15) is 0 Å². The number of benzene rings is 3. The molecular formula is C28H32N2O3. The van der Waals surface area contributed by atoms with Gasteiger partial charge in [0, 0.05) is 13.1 Å². The van der Waals surface area contributed by atoms with Crippen molar-refractivity contribution < 1.29 is 14.3 Å². The Bertz CT molecular complexity index is 972. The van der Waals surface area contributed by atoms with Crippen LogP contribution in [-0.4, -0.2) is 38.1 Å². The number of carbonyl (C=O) groups is 1. The smallest absolute Gasteiger partial charge is 0.225 e. The summed E-state index contributed by atoms with van der Waals surface area (Å²) in [6.45, 7) is 2.68. The van der Waals surface area contributed by atoms with Crippen molar-refractivity contribution in [3.63, 3.8) is 0 Å². The number of nitrogens with one attached hydrogen (secondary N) is 1. The summed E-state index contributed by atoms with van der Waals surface area (Å²) in [5, 5.41) is 3.33. The normalized spacial score (nSPS) is 16.4. The zero-order valence-electron chi connectivity index (χ0n) is 19.4. The minimum Gasteiger partial charge on any atom is -0.497 e. The van der Waals surface area contributed by atoms with Crippen LogP contribution in [0.1, 0.15) is 35.6 Å². The van der Waals surface area contributed by atoms with Gasteiger partial charge in [-0.3, -0.25) is 9.69 Å². The molecule has 3 aromatic rings. The van der Waals surface area contributed by atoms with Crippen molar-refractivity contribution in [2.75, 3.05) is 27.3 Å². The van der Waals surface area contributed by atoms with Crippen molar-refractivity contribution >= 4 is 5.91 Å². The first-order valence-electron chi connectivity index (χ1n) is 11.5. The number of methoxy groups -OCH3 is 2. The van der Waals surface area contributed by atoms with E-state index in [2.05, 4.69) is 34.5 Å². The maximum Gasteiger partial charge on any atom is 0.225 e. The summed E-state index contributed by atoms with van der Waals surface area (Å²) in [5.41, 5.74) is 3.32. The van der Waals surface area contributed by atoms with Gasteiger partial charge in [-0.05, 0) is 60.3 Å². The molecule has 4 rings (SSSR count). The molecule has 0 bridgehead atoms. The molecule has 1 amide bonds. The number of nitrogens with zero attached hydrogens (tertiary/aromatic N) is 1. The second-order valence-electron chi connectivity index (χ2n) is 8.55. The second kappa shape index (κ2) is 11.0. The highest BCUT2D eigenvalue weighted by Crippen LogP contribution is 2.27. The van der Waals surface area contributed by atoms with Crippen LogP contribution in [0.5, 0.6) is 11.5 Å². The van der Waals surface area contributed by atoms with Crippen LogP contribution in [0.3, 0.4) is 0 Å². The molecule has 172 valence electrons. The molecule has 1 N–H and O–H groups in total. The van der Waals surface area contributed by atoms with Crippen LogP contribution < -0.4 is 14.8 Å². The quantitative estimate of drug-likeness (QED) is 0.541. The first-order valence-corrected chi connectivity index (χ1v) is 11.5. The Labute approximate surface area is 196 Å². The molecule has 5 nitrogen and oxygen atoms in total. The van der Waals surface area contributed by atoms with E-state index in [-0.39, 0.29) is 17.9 Å². The number of hydrogen-bond acceptors (Lipinski definition) is 4. The first-order chi connectivity index (χ1) is 16.2. The van der Waals surface area contributed by atoms with Gasteiger partial charge >= 0.3 is 0 Å². The molecule has 0 aromatic heterocycles. The lowest BCUT2D eigenvalue weighted by atomic mass is 9.94. The number of rotatable bonds is 8. The zero-order valence-corrected chi connectivity index (χ0v) is 19.4. The maximum atomic E-state index is 13.4. The largest absolute Gasteiger partial charge is 0.497 e. The van der Waals surface area contributed by atoms with Crippen molar-refractivity contribution in [3.05, 3.63) is 95.6 Å². The van der Waals surface area contributed by atoms with Gasteiger partial charge in [0.2, 0.25) is 5.91 Å². The van der Waals surface area contributed by atoms with E-state index >= 15 is 0 Å².